The Bertz CT molecular complexity index is 566. The van der Waals surface area contributed by atoms with Gasteiger partial charge in [0.25, 0.3) is 0 Å². The van der Waals surface area contributed by atoms with Crippen LogP contribution >= 0.6 is 0 Å². The van der Waals surface area contributed by atoms with Crippen LogP contribution in [0.15, 0.2) is 41.0 Å². The molecule has 100 valence electrons. The molecule has 0 unspecified atom stereocenters. The molecule has 0 bridgehead atoms. The summed E-state index contributed by atoms with van der Waals surface area (Å²) < 4.78 is 18.7. The minimum atomic E-state index is -1.26. The first kappa shape index (κ1) is 13.3. The van der Waals surface area contributed by atoms with Crippen LogP contribution in [0.25, 0.3) is 0 Å². The molecule has 19 heavy (non-hydrogen) atoms. The Hall–Kier alpha value is -2.14. The van der Waals surface area contributed by atoms with Gasteiger partial charge in [-0.1, -0.05) is 6.07 Å². The SMILES string of the molecule is CN(Cc1ccc(C(=O)O)c(F)c1)Cc1ccco1. The van der Waals surface area contributed by atoms with Crippen LogP contribution in [0.5, 0.6) is 0 Å². The first-order chi connectivity index (χ1) is 9.06. The van der Waals surface area contributed by atoms with E-state index < -0.39 is 11.8 Å². The minimum absolute atomic E-state index is 0.308. The fourth-order valence-electron chi connectivity index (χ4n) is 1.87. The standard InChI is InChI=1S/C14H14FNO3/c1-16(9-11-3-2-6-19-11)8-10-4-5-12(14(17)18)13(15)7-10/h2-7H,8-9H2,1H3,(H,17,18). The van der Waals surface area contributed by atoms with Crippen LogP contribution in [0.3, 0.4) is 0 Å². The van der Waals surface area contributed by atoms with Gasteiger partial charge < -0.3 is 9.52 Å². The molecular formula is C14H14FNO3. The third-order valence-corrected chi connectivity index (χ3v) is 2.72. The molecule has 4 nitrogen and oxygen atoms in total. The van der Waals surface area contributed by atoms with Crippen LogP contribution in [0.1, 0.15) is 21.7 Å². The van der Waals surface area contributed by atoms with Gasteiger partial charge in [0.05, 0.1) is 18.4 Å². The maximum Gasteiger partial charge on any atom is 0.338 e. The van der Waals surface area contributed by atoms with Crippen LogP contribution in [0.2, 0.25) is 0 Å². The van der Waals surface area contributed by atoms with E-state index >= 15 is 0 Å². The highest BCUT2D eigenvalue weighted by Crippen LogP contribution is 2.13. The van der Waals surface area contributed by atoms with Crippen molar-refractivity contribution in [1.82, 2.24) is 4.90 Å². The van der Waals surface area contributed by atoms with Gasteiger partial charge in [-0.15, -0.1) is 0 Å². The Morgan fingerprint density at radius 2 is 2.16 bits per heavy atom. The monoisotopic (exact) mass is 263 g/mol. The lowest BCUT2D eigenvalue weighted by Crippen LogP contribution is -2.17. The van der Waals surface area contributed by atoms with Gasteiger partial charge in [-0.3, -0.25) is 4.90 Å². The molecule has 0 aliphatic carbocycles. The Labute approximate surface area is 110 Å². The number of carboxylic acids is 1. The lowest BCUT2D eigenvalue weighted by atomic mass is 10.1. The molecule has 0 saturated carbocycles. The number of hydrogen-bond acceptors (Lipinski definition) is 3. The van der Waals surface area contributed by atoms with Crippen LogP contribution in [0.4, 0.5) is 4.39 Å². The minimum Gasteiger partial charge on any atom is -0.478 e. The second-order valence-electron chi connectivity index (χ2n) is 4.37. The molecule has 0 atom stereocenters. The fraction of sp³-hybridized carbons (Fsp3) is 0.214. The summed E-state index contributed by atoms with van der Waals surface area (Å²) in [4.78, 5) is 12.7. The Balaban J connectivity index is 2.03. The van der Waals surface area contributed by atoms with Gasteiger partial charge in [-0.25, -0.2) is 9.18 Å². The summed E-state index contributed by atoms with van der Waals surface area (Å²) in [7, 11) is 1.88. The first-order valence-corrected chi connectivity index (χ1v) is 5.79. The summed E-state index contributed by atoms with van der Waals surface area (Å²) in [6.45, 7) is 1.12. The second-order valence-corrected chi connectivity index (χ2v) is 4.37. The molecule has 1 heterocycles. The number of rotatable bonds is 5. The zero-order chi connectivity index (χ0) is 13.8. The van der Waals surface area contributed by atoms with Crippen molar-refractivity contribution >= 4 is 5.97 Å². The molecule has 0 fully saturated rings. The number of halogens is 1. The molecule has 0 aliphatic heterocycles. The van der Waals surface area contributed by atoms with Crippen molar-refractivity contribution in [3.63, 3.8) is 0 Å². The Morgan fingerprint density at radius 3 is 2.74 bits per heavy atom. The Kier molecular flexibility index (Phi) is 3.97. The number of benzene rings is 1. The number of carboxylic acid groups (broad SMARTS) is 1. The van der Waals surface area contributed by atoms with Gasteiger partial charge in [0.1, 0.15) is 11.6 Å². The van der Waals surface area contributed by atoms with Gasteiger partial charge in [0.15, 0.2) is 0 Å². The average molecular weight is 263 g/mol. The number of aromatic carboxylic acids is 1. The molecular weight excluding hydrogens is 249 g/mol. The molecule has 1 aromatic heterocycles. The van der Waals surface area contributed by atoms with Crippen molar-refractivity contribution in [1.29, 1.82) is 0 Å². The average Bonchev–Trinajstić information content (AvgIpc) is 2.81. The fourth-order valence-corrected chi connectivity index (χ4v) is 1.87. The van der Waals surface area contributed by atoms with E-state index in [0.29, 0.717) is 13.1 Å². The van der Waals surface area contributed by atoms with E-state index in [1.807, 2.05) is 24.1 Å². The van der Waals surface area contributed by atoms with Crippen molar-refractivity contribution in [3.8, 4) is 0 Å². The quantitative estimate of drug-likeness (QED) is 0.901. The molecule has 0 saturated heterocycles. The topological polar surface area (TPSA) is 53.7 Å². The van der Waals surface area contributed by atoms with Crippen molar-refractivity contribution in [2.45, 2.75) is 13.1 Å². The van der Waals surface area contributed by atoms with Crippen LogP contribution in [-0.2, 0) is 13.1 Å². The molecule has 0 amide bonds. The second kappa shape index (κ2) is 5.67. The molecule has 1 aromatic carbocycles. The van der Waals surface area contributed by atoms with Gasteiger partial charge in [-0.05, 0) is 36.9 Å². The number of carbonyl (C=O) groups is 1. The van der Waals surface area contributed by atoms with Crippen LogP contribution < -0.4 is 0 Å². The van der Waals surface area contributed by atoms with Gasteiger partial charge in [0, 0.05) is 6.54 Å². The largest absolute Gasteiger partial charge is 0.478 e. The van der Waals surface area contributed by atoms with E-state index in [-0.39, 0.29) is 5.56 Å². The summed E-state index contributed by atoms with van der Waals surface area (Å²) in [6.07, 6.45) is 1.60. The summed E-state index contributed by atoms with van der Waals surface area (Å²) in [5.74, 6) is -1.14. The zero-order valence-corrected chi connectivity index (χ0v) is 10.5. The molecule has 0 aliphatic rings. The lowest BCUT2D eigenvalue weighted by molar-refractivity contribution is 0.0692. The van der Waals surface area contributed by atoms with Crippen molar-refractivity contribution in [2.24, 2.45) is 0 Å². The van der Waals surface area contributed by atoms with Gasteiger partial charge >= 0.3 is 5.97 Å². The normalized spacial score (nSPS) is 10.9. The summed E-state index contributed by atoms with van der Waals surface area (Å²) >= 11 is 0. The number of furan rings is 1. The molecule has 2 rings (SSSR count). The lowest BCUT2D eigenvalue weighted by Gasteiger charge is -2.15. The molecule has 0 spiro atoms. The predicted octanol–water partition coefficient (Wildman–Crippen LogP) is 2.75. The van der Waals surface area contributed by atoms with E-state index in [9.17, 15) is 9.18 Å². The molecule has 1 N–H and O–H groups in total. The molecule has 2 aromatic rings. The summed E-state index contributed by atoms with van der Waals surface area (Å²) in [5.41, 5.74) is 0.411. The van der Waals surface area contributed by atoms with Crippen LogP contribution in [-0.4, -0.2) is 23.0 Å². The highest BCUT2D eigenvalue weighted by atomic mass is 19.1. The van der Waals surface area contributed by atoms with Gasteiger partial charge in [-0.2, -0.15) is 0 Å². The van der Waals surface area contributed by atoms with E-state index in [0.717, 1.165) is 11.3 Å². The third-order valence-electron chi connectivity index (χ3n) is 2.72. The molecule has 0 radical (unpaired) electrons. The number of nitrogens with zero attached hydrogens (tertiary/aromatic N) is 1. The third kappa shape index (κ3) is 3.42. The number of hydrogen-bond donors (Lipinski definition) is 1. The molecule has 5 heteroatoms. The maximum atomic E-state index is 13.5. The van der Waals surface area contributed by atoms with Crippen molar-refractivity contribution in [3.05, 3.63) is 59.3 Å². The zero-order valence-electron chi connectivity index (χ0n) is 10.5. The Morgan fingerprint density at radius 1 is 1.37 bits per heavy atom. The summed E-state index contributed by atoms with van der Waals surface area (Å²) in [6, 6.07) is 7.83. The summed E-state index contributed by atoms with van der Waals surface area (Å²) in [5, 5.41) is 8.75. The highest BCUT2D eigenvalue weighted by molar-refractivity contribution is 5.87. The predicted molar refractivity (Wildman–Crippen MR) is 67.2 cm³/mol. The van der Waals surface area contributed by atoms with Gasteiger partial charge in [0.2, 0.25) is 0 Å². The van der Waals surface area contributed by atoms with Crippen LogP contribution in [0, 0.1) is 5.82 Å². The van der Waals surface area contributed by atoms with E-state index in [2.05, 4.69) is 0 Å². The maximum absolute atomic E-state index is 13.5. The van der Waals surface area contributed by atoms with E-state index in [4.69, 9.17) is 9.52 Å². The smallest absolute Gasteiger partial charge is 0.338 e. The first-order valence-electron chi connectivity index (χ1n) is 5.79. The highest BCUT2D eigenvalue weighted by Gasteiger charge is 2.11. The van der Waals surface area contributed by atoms with Crippen molar-refractivity contribution < 1.29 is 18.7 Å². The van der Waals surface area contributed by atoms with E-state index in [1.165, 1.54) is 12.1 Å². The van der Waals surface area contributed by atoms with E-state index in [1.54, 1.807) is 12.3 Å². The van der Waals surface area contributed by atoms with Crippen molar-refractivity contribution in [2.75, 3.05) is 7.05 Å².